The Bertz CT molecular complexity index is 1280. The summed E-state index contributed by atoms with van der Waals surface area (Å²) in [6, 6.07) is 11.0. The summed E-state index contributed by atoms with van der Waals surface area (Å²) in [5.74, 6) is -1.91. The predicted molar refractivity (Wildman–Crippen MR) is 127 cm³/mol. The number of piperazine rings is 1. The minimum atomic E-state index is -0.786. The van der Waals surface area contributed by atoms with E-state index in [1.165, 1.54) is 6.07 Å². The van der Waals surface area contributed by atoms with E-state index in [1.807, 2.05) is 50.2 Å². The monoisotopic (exact) mass is 480 g/mol. The minimum absolute atomic E-state index is 0.141. The molecule has 0 radical (unpaired) electrons. The van der Waals surface area contributed by atoms with Gasteiger partial charge in [0.15, 0.2) is 5.82 Å². The van der Waals surface area contributed by atoms with Gasteiger partial charge in [0.1, 0.15) is 29.2 Å². The second-order valence-corrected chi connectivity index (χ2v) is 9.12. The van der Waals surface area contributed by atoms with Gasteiger partial charge in [0.2, 0.25) is 0 Å². The van der Waals surface area contributed by atoms with Crippen LogP contribution in [0.15, 0.2) is 42.5 Å². The molecule has 2 atom stereocenters. The van der Waals surface area contributed by atoms with Crippen molar-refractivity contribution in [3.8, 4) is 11.4 Å². The third-order valence-electron chi connectivity index (χ3n) is 7.05. The fourth-order valence-electron chi connectivity index (χ4n) is 4.73. The number of aromatic nitrogens is 2. The van der Waals surface area contributed by atoms with E-state index in [0.717, 1.165) is 30.8 Å². The summed E-state index contributed by atoms with van der Waals surface area (Å²) in [5, 5.41) is 16.7. The number of nitrogens with one attached hydrogen (secondary N) is 2. The van der Waals surface area contributed by atoms with Crippen molar-refractivity contribution in [2.45, 2.75) is 25.2 Å². The molecule has 0 aliphatic carbocycles. The summed E-state index contributed by atoms with van der Waals surface area (Å²) in [5.41, 5.74) is 1.19. The van der Waals surface area contributed by atoms with Gasteiger partial charge in [0.25, 0.3) is 5.91 Å². The highest BCUT2D eigenvalue weighted by Gasteiger charge is 2.44. The first-order valence-corrected chi connectivity index (χ1v) is 11.3. The predicted octanol–water partition coefficient (Wildman–Crippen LogP) is 2.82. The summed E-state index contributed by atoms with van der Waals surface area (Å²) in [4.78, 5) is 25.1. The van der Waals surface area contributed by atoms with Crippen LogP contribution in [0, 0.1) is 11.6 Å². The van der Waals surface area contributed by atoms with Gasteiger partial charge in [-0.05, 0) is 50.8 Å². The normalized spacial score (nSPS) is 22.7. The van der Waals surface area contributed by atoms with E-state index in [0.29, 0.717) is 11.4 Å². The summed E-state index contributed by atoms with van der Waals surface area (Å²) in [7, 11) is 3.87. The average Bonchev–Trinajstić information content (AvgIpc) is 3.21. The SMILES string of the molecule is CN1CCN(C)[C@@](C)(c2ccc(Nc3nc(-c4c(F)cccc4F)nc4c3C(=O)NC4)cc2)C1O. The van der Waals surface area contributed by atoms with E-state index in [9.17, 15) is 18.7 Å². The molecule has 1 saturated heterocycles. The number of fused-ring (bicyclic) bond motifs is 1. The van der Waals surface area contributed by atoms with E-state index in [4.69, 9.17) is 0 Å². The molecule has 3 heterocycles. The van der Waals surface area contributed by atoms with Gasteiger partial charge < -0.3 is 15.7 Å². The number of aliphatic hydroxyl groups is 1. The number of carbonyl (C=O) groups is 1. The second kappa shape index (κ2) is 8.63. The lowest BCUT2D eigenvalue weighted by Crippen LogP contribution is -2.62. The number of benzene rings is 2. The molecule has 182 valence electrons. The number of aliphatic hydroxyl groups excluding tert-OH is 1. The molecule has 0 saturated carbocycles. The maximum absolute atomic E-state index is 14.4. The zero-order valence-corrected chi connectivity index (χ0v) is 19.6. The van der Waals surface area contributed by atoms with Crippen LogP contribution in [0.3, 0.4) is 0 Å². The van der Waals surface area contributed by atoms with Crippen molar-refractivity contribution in [3.63, 3.8) is 0 Å². The first kappa shape index (κ1) is 23.3. The van der Waals surface area contributed by atoms with Crippen molar-refractivity contribution in [3.05, 3.63) is 70.9 Å². The van der Waals surface area contributed by atoms with Crippen molar-refractivity contribution in [2.24, 2.45) is 0 Å². The molecular weight excluding hydrogens is 454 g/mol. The standard InChI is InChI=1S/C25H26F2N6O2/c1-25(24(35)32(2)11-12-33(25)3)14-7-9-15(10-8-14)29-22-20-18(13-28-23(20)34)30-21(31-22)19-16(26)5-4-6-17(19)27/h4-10,24,35H,11-13H2,1-3H3,(H,28,34)(H,29,30,31)/t24?,25-/m0/s1. The highest BCUT2D eigenvalue weighted by atomic mass is 19.1. The Morgan fingerprint density at radius 1 is 1.06 bits per heavy atom. The molecule has 1 aromatic heterocycles. The fraction of sp³-hybridized carbons (Fsp3) is 0.320. The molecule has 10 heteroatoms. The highest BCUT2D eigenvalue weighted by molar-refractivity contribution is 6.03. The maximum atomic E-state index is 14.4. The number of carbonyl (C=O) groups excluding carboxylic acids is 1. The van der Waals surface area contributed by atoms with Gasteiger partial charge in [-0.25, -0.2) is 18.7 Å². The van der Waals surface area contributed by atoms with Crippen molar-refractivity contribution in [1.82, 2.24) is 25.1 Å². The molecule has 0 spiro atoms. The Kier molecular flexibility index (Phi) is 5.74. The van der Waals surface area contributed by atoms with E-state index in [-0.39, 0.29) is 35.2 Å². The van der Waals surface area contributed by atoms with Crippen LogP contribution in [-0.4, -0.2) is 64.2 Å². The smallest absolute Gasteiger partial charge is 0.257 e. The van der Waals surface area contributed by atoms with Gasteiger partial charge in [-0.2, -0.15) is 0 Å². The molecule has 5 rings (SSSR count). The largest absolute Gasteiger partial charge is 0.376 e. The van der Waals surface area contributed by atoms with Crippen molar-refractivity contribution < 1.29 is 18.7 Å². The van der Waals surface area contributed by atoms with Crippen LogP contribution >= 0.6 is 0 Å². The van der Waals surface area contributed by atoms with Gasteiger partial charge in [0.05, 0.1) is 23.3 Å². The van der Waals surface area contributed by atoms with Gasteiger partial charge in [-0.1, -0.05) is 18.2 Å². The van der Waals surface area contributed by atoms with Crippen LogP contribution in [0.2, 0.25) is 0 Å². The molecule has 1 unspecified atom stereocenters. The molecule has 1 fully saturated rings. The zero-order chi connectivity index (χ0) is 24.9. The molecule has 3 N–H and O–H groups in total. The van der Waals surface area contributed by atoms with Crippen LogP contribution in [0.25, 0.3) is 11.4 Å². The molecule has 2 aliphatic rings. The Balaban J connectivity index is 1.51. The van der Waals surface area contributed by atoms with Crippen LogP contribution < -0.4 is 10.6 Å². The summed E-state index contributed by atoms with van der Waals surface area (Å²) in [6.45, 7) is 3.70. The molecule has 3 aromatic rings. The van der Waals surface area contributed by atoms with Crippen LogP contribution in [0.1, 0.15) is 28.5 Å². The molecule has 8 nitrogen and oxygen atoms in total. The first-order valence-electron chi connectivity index (χ1n) is 11.3. The van der Waals surface area contributed by atoms with Gasteiger partial charge in [-0.15, -0.1) is 0 Å². The number of amides is 1. The summed E-state index contributed by atoms with van der Waals surface area (Å²) >= 11 is 0. The Morgan fingerprint density at radius 2 is 1.74 bits per heavy atom. The third-order valence-corrected chi connectivity index (χ3v) is 7.05. The van der Waals surface area contributed by atoms with E-state index in [2.05, 4.69) is 25.5 Å². The van der Waals surface area contributed by atoms with E-state index in [1.54, 1.807) is 0 Å². The molecule has 1 amide bonds. The van der Waals surface area contributed by atoms with E-state index >= 15 is 0 Å². The molecule has 2 aliphatic heterocycles. The Labute approximate surface area is 201 Å². The minimum Gasteiger partial charge on any atom is -0.376 e. The second-order valence-electron chi connectivity index (χ2n) is 9.12. The van der Waals surface area contributed by atoms with E-state index < -0.39 is 23.4 Å². The fourth-order valence-corrected chi connectivity index (χ4v) is 4.73. The quantitative estimate of drug-likeness (QED) is 0.529. The van der Waals surface area contributed by atoms with Crippen LogP contribution in [0.5, 0.6) is 0 Å². The topological polar surface area (TPSA) is 93.6 Å². The number of anilines is 2. The lowest BCUT2D eigenvalue weighted by molar-refractivity contribution is -0.131. The number of rotatable bonds is 4. The number of hydrogen-bond donors (Lipinski definition) is 3. The third kappa shape index (κ3) is 3.83. The maximum Gasteiger partial charge on any atom is 0.257 e. The zero-order valence-electron chi connectivity index (χ0n) is 19.6. The Hall–Kier alpha value is -3.47. The number of likely N-dealkylation sites (N-methyl/N-ethyl adjacent to an activating group) is 2. The van der Waals surface area contributed by atoms with Crippen LogP contribution in [-0.2, 0) is 12.1 Å². The molecular formula is C25H26F2N6O2. The number of halogens is 2. The highest BCUT2D eigenvalue weighted by Crippen LogP contribution is 2.36. The Morgan fingerprint density at radius 3 is 2.43 bits per heavy atom. The van der Waals surface area contributed by atoms with Crippen molar-refractivity contribution in [1.29, 1.82) is 0 Å². The lowest BCUT2D eigenvalue weighted by atomic mass is 9.86. The van der Waals surface area contributed by atoms with Crippen molar-refractivity contribution >= 4 is 17.4 Å². The summed E-state index contributed by atoms with van der Waals surface area (Å²) < 4.78 is 28.8. The number of nitrogens with zero attached hydrogens (tertiary/aromatic N) is 4. The van der Waals surface area contributed by atoms with Crippen molar-refractivity contribution in [2.75, 3.05) is 32.5 Å². The molecule has 35 heavy (non-hydrogen) atoms. The van der Waals surface area contributed by atoms with Gasteiger partial charge in [-0.3, -0.25) is 14.6 Å². The lowest BCUT2D eigenvalue weighted by Gasteiger charge is -2.50. The molecule has 0 bridgehead atoms. The molecule has 2 aromatic carbocycles. The van der Waals surface area contributed by atoms with Crippen LogP contribution in [0.4, 0.5) is 20.3 Å². The first-order chi connectivity index (χ1) is 16.7. The number of hydrogen-bond acceptors (Lipinski definition) is 7. The summed E-state index contributed by atoms with van der Waals surface area (Å²) in [6.07, 6.45) is -0.688. The van der Waals surface area contributed by atoms with Gasteiger partial charge >= 0.3 is 0 Å². The van der Waals surface area contributed by atoms with Gasteiger partial charge in [0, 0.05) is 18.8 Å². The average molecular weight is 481 g/mol.